The van der Waals surface area contributed by atoms with Gasteiger partial charge in [0.25, 0.3) is 5.91 Å². The first-order chi connectivity index (χ1) is 10.1. The predicted molar refractivity (Wildman–Crippen MR) is 80.1 cm³/mol. The highest BCUT2D eigenvalue weighted by Crippen LogP contribution is 2.19. The molecule has 2 aliphatic rings. The molecule has 0 aliphatic carbocycles. The minimum absolute atomic E-state index is 0.0761. The van der Waals surface area contributed by atoms with Gasteiger partial charge in [0.05, 0.1) is 6.42 Å². The van der Waals surface area contributed by atoms with Crippen molar-refractivity contribution in [1.29, 1.82) is 0 Å². The van der Waals surface area contributed by atoms with Crippen LogP contribution in [-0.4, -0.2) is 72.8 Å². The highest BCUT2D eigenvalue weighted by molar-refractivity contribution is 6.09. The second-order valence-corrected chi connectivity index (χ2v) is 5.83. The fourth-order valence-electron chi connectivity index (χ4n) is 2.94. The molecule has 112 valence electrons. The molecule has 1 fully saturated rings. The molecule has 2 amide bonds. The van der Waals surface area contributed by atoms with Crippen molar-refractivity contribution >= 4 is 11.8 Å². The Morgan fingerprint density at radius 3 is 2.48 bits per heavy atom. The maximum Gasteiger partial charge on any atom is 0.260 e. The highest BCUT2D eigenvalue weighted by Gasteiger charge is 2.30. The number of rotatable bonds is 3. The Labute approximate surface area is 125 Å². The molecular formula is C16H21N3O2. The maximum atomic E-state index is 12.4. The molecule has 0 radical (unpaired) electrons. The molecule has 0 bridgehead atoms. The standard InChI is InChI=1S/C16H21N3O2/c1-17-6-8-18(9-7-17)10-11-19-15(20)12-13-4-2-3-5-14(13)16(19)21/h2-5H,6-12H2,1H3. The third-order valence-electron chi connectivity index (χ3n) is 4.37. The number of nitrogens with zero attached hydrogens (tertiary/aromatic N) is 3. The Morgan fingerprint density at radius 1 is 1.00 bits per heavy atom. The number of likely N-dealkylation sites (N-methyl/N-ethyl adjacent to an activating group) is 1. The summed E-state index contributed by atoms with van der Waals surface area (Å²) in [5.74, 6) is -0.219. The molecule has 0 N–H and O–H groups in total. The lowest BCUT2D eigenvalue weighted by molar-refractivity contribution is -0.128. The fraction of sp³-hybridized carbons (Fsp3) is 0.500. The van der Waals surface area contributed by atoms with Crippen LogP contribution in [0.1, 0.15) is 15.9 Å². The van der Waals surface area contributed by atoms with E-state index in [2.05, 4.69) is 16.8 Å². The van der Waals surface area contributed by atoms with Crippen LogP contribution in [0.15, 0.2) is 24.3 Å². The molecule has 0 spiro atoms. The Hall–Kier alpha value is -1.72. The zero-order chi connectivity index (χ0) is 14.8. The van der Waals surface area contributed by atoms with Gasteiger partial charge in [-0.2, -0.15) is 0 Å². The van der Waals surface area contributed by atoms with Crippen molar-refractivity contribution in [1.82, 2.24) is 14.7 Å². The summed E-state index contributed by atoms with van der Waals surface area (Å²) in [6, 6.07) is 7.40. The van der Waals surface area contributed by atoms with E-state index in [4.69, 9.17) is 0 Å². The highest BCUT2D eigenvalue weighted by atomic mass is 16.2. The van der Waals surface area contributed by atoms with E-state index in [1.54, 1.807) is 0 Å². The van der Waals surface area contributed by atoms with E-state index in [0.29, 0.717) is 18.5 Å². The first-order valence-corrected chi connectivity index (χ1v) is 7.48. The minimum atomic E-state index is -0.143. The number of carbonyl (C=O) groups excluding carboxylic acids is 2. The minimum Gasteiger partial charge on any atom is -0.304 e. The number of hydrogen-bond acceptors (Lipinski definition) is 4. The Bertz CT molecular complexity index is 550. The molecule has 0 saturated carbocycles. The van der Waals surface area contributed by atoms with Gasteiger partial charge in [-0.25, -0.2) is 0 Å². The monoisotopic (exact) mass is 287 g/mol. The second-order valence-electron chi connectivity index (χ2n) is 5.83. The average molecular weight is 287 g/mol. The van der Waals surface area contributed by atoms with Gasteiger partial charge >= 0.3 is 0 Å². The van der Waals surface area contributed by atoms with E-state index >= 15 is 0 Å². The number of piperazine rings is 1. The van der Waals surface area contributed by atoms with Crippen LogP contribution in [0.2, 0.25) is 0 Å². The third-order valence-corrected chi connectivity index (χ3v) is 4.37. The van der Waals surface area contributed by atoms with Crippen LogP contribution in [0.4, 0.5) is 0 Å². The Balaban J connectivity index is 1.63. The van der Waals surface area contributed by atoms with E-state index in [9.17, 15) is 9.59 Å². The van der Waals surface area contributed by atoms with Gasteiger partial charge in [0.2, 0.25) is 5.91 Å². The number of fused-ring (bicyclic) bond motifs is 1. The molecule has 0 aromatic heterocycles. The summed E-state index contributed by atoms with van der Waals surface area (Å²) in [6.45, 7) is 5.37. The number of amides is 2. The van der Waals surface area contributed by atoms with Gasteiger partial charge in [-0.15, -0.1) is 0 Å². The molecule has 21 heavy (non-hydrogen) atoms. The molecule has 0 unspecified atom stereocenters. The van der Waals surface area contributed by atoms with Crippen molar-refractivity contribution in [2.75, 3.05) is 46.3 Å². The summed E-state index contributed by atoms with van der Waals surface area (Å²) in [6.07, 6.45) is 0.338. The van der Waals surface area contributed by atoms with Gasteiger partial charge in [0.15, 0.2) is 0 Å². The van der Waals surface area contributed by atoms with Crippen LogP contribution in [-0.2, 0) is 11.2 Å². The second kappa shape index (κ2) is 5.95. The predicted octanol–water partition coefficient (Wildman–Crippen LogP) is 0.459. The molecular weight excluding hydrogens is 266 g/mol. The van der Waals surface area contributed by atoms with Crippen molar-refractivity contribution in [3.63, 3.8) is 0 Å². The van der Waals surface area contributed by atoms with Gasteiger partial charge in [0.1, 0.15) is 0 Å². The molecule has 1 saturated heterocycles. The Kier molecular flexibility index (Phi) is 4.03. The largest absolute Gasteiger partial charge is 0.304 e. The lowest BCUT2D eigenvalue weighted by Gasteiger charge is -2.34. The molecule has 2 aliphatic heterocycles. The molecule has 1 aromatic rings. The number of carbonyl (C=O) groups is 2. The molecule has 2 heterocycles. The molecule has 0 atom stereocenters. The van der Waals surface area contributed by atoms with Gasteiger partial charge in [-0.1, -0.05) is 18.2 Å². The molecule has 5 heteroatoms. The van der Waals surface area contributed by atoms with Crippen LogP contribution < -0.4 is 0 Å². The quantitative estimate of drug-likeness (QED) is 0.758. The smallest absolute Gasteiger partial charge is 0.260 e. The van der Waals surface area contributed by atoms with E-state index in [1.807, 2.05) is 24.3 Å². The number of imide groups is 1. The Morgan fingerprint density at radius 2 is 1.71 bits per heavy atom. The van der Waals surface area contributed by atoms with Crippen molar-refractivity contribution in [2.24, 2.45) is 0 Å². The van der Waals surface area contributed by atoms with Crippen LogP contribution >= 0.6 is 0 Å². The van der Waals surface area contributed by atoms with Crippen molar-refractivity contribution in [3.8, 4) is 0 Å². The zero-order valence-corrected chi connectivity index (χ0v) is 12.4. The third kappa shape index (κ3) is 2.99. The van der Waals surface area contributed by atoms with Gasteiger partial charge < -0.3 is 4.90 Å². The van der Waals surface area contributed by atoms with Crippen molar-refractivity contribution < 1.29 is 9.59 Å². The number of benzene rings is 1. The molecule has 3 rings (SSSR count). The number of hydrogen-bond donors (Lipinski definition) is 0. The summed E-state index contributed by atoms with van der Waals surface area (Å²) in [5.41, 5.74) is 1.53. The van der Waals surface area contributed by atoms with E-state index < -0.39 is 0 Å². The topological polar surface area (TPSA) is 43.9 Å². The van der Waals surface area contributed by atoms with Crippen LogP contribution in [0.3, 0.4) is 0 Å². The summed E-state index contributed by atoms with van der Waals surface area (Å²) in [4.78, 5) is 30.6. The van der Waals surface area contributed by atoms with E-state index in [1.165, 1.54) is 4.90 Å². The maximum absolute atomic E-state index is 12.4. The fourth-order valence-corrected chi connectivity index (χ4v) is 2.94. The molecule has 5 nitrogen and oxygen atoms in total. The van der Waals surface area contributed by atoms with Crippen LogP contribution in [0.25, 0.3) is 0 Å². The van der Waals surface area contributed by atoms with E-state index in [0.717, 1.165) is 38.3 Å². The summed E-state index contributed by atoms with van der Waals surface area (Å²) >= 11 is 0. The van der Waals surface area contributed by atoms with Gasteiger partial charge in [0, 0.05) is 44.8 Å². The SMILES string of the molecule is CN1CCN(CCN2C(=O)Cc3ccccc3C2=O)CC1. The van der Waals surface area contributed by atoms with Crippen LogP contribution in [0.5, 0.6) is 0 Å². The lowest BCUT2D eigenvalue weighted by Crippen LogP contribution is -2.50. The summed E-state index contributed by atoms with van der Waals surface area (Å²) < 4.78 is 0. The normalized spacial score (nSPS) is 20.7. The van der Waals surface area contributed by atoms with Crippen molar-refractivity contribution in [3.05, 3.63) is 35.4 Å². The van der Waals surface area contributed by atoms with Crippen LogP contribution in [0, 0.1) is 0 Å². The average Bonchev–Trinajstić information content (AvgIpc) is 2.49. The summed E-state index contributed by atoms with van der Waals surface area (Å²) in [7, 11) is 2.12. The molecule has 1 aromatic carbocycles. The first kappa shape index (κ1) is 14.2. The van der Waals surface area contributed by atoms with Crippen molar-refractivity contribution in [2.45, 2.75) is 6.42 Å². The van der Waals surface area contributed by atoms with Gasteiger partial charge in [-0.3, -0.25) is 19.4 Å². The van der Waals surface area contributed by atoms with E-state index in [-0.39, 0.29) is 11.8 Å². The summed E-state index contributed by atoms with van der Waals surface area (Å²) in [5, 5.41) is 0. The lowest BCUT2D eigenvalue weighted by atomic mass is 9.98. The zero-order valence-electron chi connectivity index (χ0n) is 12.4. The first-order valence-electron chi connectivity index (χ1n) is 7.48. The van der Waals surface area contributed by atoms with Gasteiger partial charge in [-0.05, 0) is 18.7 Å².